The van der Waals surface area contributed by atoms with Gasteiger partial charge >= 0.3 is 0 Å². The summed E-state index contributed by atoms with van der Waals surface area (Å²) in [5.74, 6) is -0.123. The number of carbonyl (C=O) groups is 1. The molecule has 0 spiro atoms. The quantitative estimate of drug-likeness (QED) is 0.804. The average Bonchev–Trinajstić information content (AvgIpc) is 2.96. The lowest BCUT2D eigenvalue weighted by Crippen LogP contribution is -2.50. The molecule has 3 rings (SSSR count). The van der Waals surface area contributed by atoms with Crippen LogP contribution < -0.4 is 5.32 Å². The topological polar surface area (TPSA) is 81.6 Å². The fraction of sp³-hybridized carbons (Fsp3) is 0.471. The summed E-state index contributed by atoms with van der Waals surface area (Å²) in [5, 5.41) is 13.4. The third-order valence-electron chi connectivity index (χ3n) is 4.36. The van der Waals surface area contributed by atoms with Gasteiger partial charge in [0.2, 0.25) is 5.91 Å². The highest BCUT2D eigenvalue weighted by molar-refractivity contribution is 8.00. The van der Waals surface area contributed by atoms with Gasteiger partial charge in [0.05, 0.1) is 22.4 Å². The van der Waals surface area contributed by atoms with E-state index in [-0.39, 0.29) is 11.2 Å². The number of nitrogens with zero attached hydrogens (tertiary/aromatic N) is 2. The second-order valence-electron chi connectivity index (χ2n) is 6.21. The lowest BCUT2D eigenvalue weighted by atomic mass is 9.83. The highest BCUT2D eigenvalue weighted by Gasteiger charge is 2.35. The van der Waals surface area contributed by atoms with Gasteiger partial charge in [0.1, 0.15) is 5.54 Å². The monoisotopic (exact) mass is 362 g/mol. The van der Waals surface area contributed by atoms with Crippen molar-refractivity contribution in [2.45, 2.75) is 55.0 Å². The van der Waals surface area contributed by atoms with Gasteiger partial charge in [0.15, 0.2) is 5.16 Å². The molecule has 1 aromatic heterocycles. The Morgan fingerprint density at radius 2 is 2.21 bits per heavy atom. The van der Waals surface area contributed by atoms with E-state index < -0.39 is 5.54 Å². The molecule has 7 heteroatoms. The summed E-state index contributed by atoms with van der Waals surface area (Å²) in [5.41, 5.74) is 0.958. The second kappa shape index (κ2) is 7.04. The van der Waals surface area contributed by atoms with E-state index in [0.717, 1.165) is 43.1 Å². The molecule has 2 N–H and O–H groups in total. The van der Waals surface area contributed by atoms with Crippen LogP contribution in [0.5, 0.6) is 0 Å². The molecule has 1 aromatic carbocycles. The van der Waals surface area contributed by atoms with E-state index in [1.165, 1.54) is 11.8 Å². The molecule has 1 saturated carbocycles. The average molecular weight is 363 g/mol. The van der Waals surface area contributed by atoms with E-state index in [2.05, 4.69) is 21.4 Å². The van der Waals surface area contributed by atoms with Crippen LogP contribution in [0.4, 0.5) is 0 Å². The molecule has 2 aromatic rings. The minimum atomic E-state index is -0.703. The second-order valence-corrected chi connectivity index (χ2v) is 7.97. The Morgan fingerprint density at radius 1 is 1.46 bits per heavy atom. The van der Waals surface area contributed by atoms with E-state index >= 15 is 0 Å². The zero-order chi connectivity index (χ0) is 17.2. The highest BCUT2D eigenvalue weighted by Crippen LogP contribution is 2.29. The number of carbonyl (C=O) groups excluding carboxylic acids is 1. The molecule has 1 aliphatic carbocycles. The Morgan fingerprint density at radius 3 is 2.92 bits per heavy atom. The van der Waals surface area contributed by atoms with Crippen LogP contribution >= 0.6 is 23.4 Å². The number of fused-ring (bicyclic) bond motifs is 1. The molecule has 24 heavy (non-hydrogen) atoms. The maximum atomic E-state index is 12.5. The number of thioether (sulfide) groups is 1. The molecule has 0 saturated heterocycles. The van der Waals surface area contributed by atoms with Crippen molar-refractivity contribution in [3.63, 3.8) is 0 Å². The fourth-order valence-corrected chi connectivity index (χ4v) is 3.99. The Bertz CT molecular complexity index is 791. The van der Waals surface area contributed by atoms with Crippen molar-refractivity contribution in [3.05, 3.63) is 23.2 Å². The SMILES string of the molecule is CC(Sc1nc2ccc(Cl)cc2[nH]1)C(=O)NC1(C#N)CCCCC1. The standard InChI is InChI=1S/C17H19ClN4OS/c1-11(15(23)22-17(10-19)7-3-2-4-8-17)24-16-20-13-6-5-12(18)9-14(13)21-16/h5-6,9,11H,2-4,7-8H2,1H3,(H,20,21)(H,22,23). The van der Waals surface area contributed by atoms with E-state index in [0.29, 0.717) is 10.2 Å². The Hall–Kier alpha value is -1.71. The van der Waals surface area contributed by atoms with Gasteiger partial charge < -0.3 is 10.3 Å². The third kappa shape index (κ3) is 3.68. The Labute approximate surface area is 150 Å². The van der Waals surface area contributed by atoms with Crippen LogP contribution in [-0.2, 0) is 4.79 Å². The smallest absolute Gasteiger partial charge is 0.234 e. The molecule has 1 aliphatic rings. The minimum absolute atomic E-state index is 0.123. The molecule has 1 atom stereocenters. The minimum Gasteiger partial charge on any atom is -0.337 e. The van der Waals surface area contributed by atoms with Gasteiger partial charge in [-0.05, 0) is 38.0 Å². The summed E-state index contributed by atoms with van der Waals surface area (Å²) >= 11 is 7.32. The molecule has 1 heterocycles. The van der Waals surface area contributed by atoms with Crippen LogP contribution in [0.3, 0.4) is 0 Å². The molecule has 1 amide bonds. The number of rotatable bonds is 4. The molecule has 0 radical (unpaired) electrons. The first-order chi connectivity index (χ1) is 11.5. The number of nitriles is 1. The first kappa shape index (κ1) is 17.1. The number of imidazole rings is 1. The molecule has 5 nitrogen and oxygen atoms in total. The van der Waals surface area contributed by atoms with Gasteiger partial charge in [-0.1, -0.05) is 42.6 Å². The van der Waals surface area contributed by atoms with Crippen molar-refractivity contribution in [2.24, 2.45) is 0 Å². The predicted octanol–water partition coefficient (Wildman–Crippen LogP) is 4.04. The fourth-order valence-electron chi connectivity index (χ4n) is 2.99. The highest BCUT2D eigenvalue weighted by atomic mass is 35.5. The lowest BCUT2D eigenvalue weighted by Gasteiger charge is -2.32. The number of hydrogen-bond acceptors (Lipinski definition) is 4. The number of amides is 1. The lowest BCUT2D eigenvalue weighted by molar-refractivity contribution is -0.121. The Kier molecular flexibility index (Phi) is 5.02. The summed E-state index contributed by atoms with van der Waals surface area (Å²) in [6.07, 6.45) is 4.57. The zero-order valence-electron chi connectivity index (χ0n) is 13.4. The van der Waals surface area contributed by atoms with Crippen molar-refractivity contribution >= 4 is 40.3 Å². The van der Waals surface area contributed by atoms with E-state index in [9.17, 15) is 10.1 Å². The van der Waals surface area contributed by atoms with Crippen molar-refractivity contribution < 1.29 is 4.79 Å². The van der Waals surface area contributed by atoms with Crippen LogP contribution in [-0.4, -0.2) is 26.7 Å². The van der Waals surface area contributed by atoms with Crippen LogP contribution in [0.15, 0.2) is 23.4 Å². The summed E-state index contributed by atoms with van der Waals surface area (Å²) in [6, 6.07) is 7.76. The van der Waals surface area contributed by atoms with Crippen molar-refractivity contribution in [1.29, 1.82) is 5.26 Å². The van der Waals surface area contributed by atoms with Crippen LogP contribution in [0, 0.1) is 11.3 Å². The van der Waals surface area contributed by atoms with E-state index in [4.69, 9.17) is 11.6 Å². The summed E-state index contributed by atoms with van der Waals surface area (Å²) < 4.78 is 0. The van der Waals surface area contributed by atoms with Gasteiger partial charge in [-0.25, -0.2) is 4.98 Å². The van der Waals surface area contributed by atoms with Crippen LogP contribution in [0.1, 0.15) is 39.0 Å². The molecule has 1 unspecified atom stereocenters. The summed E-state index contributed by atoms with van der Waals surface area (Å²) in [6.45, 7) is 1.83. The molecular weight excluding hydrogens is 344 g/mol. The largest absolute Gasteiger partial charge is 0.337 e. The van der Waals surface area contributed by atoms with Crippen LogP contribution in [0.2, 0.25) is 5.02 Å². The maximum Gasteiger partial charge on any atom is 0.234 e. The van der Waals surface area contributed by atoms with Crippen LogP contribution in [0.25, 0.3) is 11.0 Å². The number of H-pyrrole nitrogens is 1. The van der Waals surface area contributed by atoms with Gasteiger partial charge in [-0.2, -0.15) is 5.26 Å². The van der Waals surface area contributed by atoms with Crippen molar-refractivity contribution in [3.8, 4) is 6.07 Å². The third-order valence-corrected chi connectivity index (χ3v) is 5.58. The molecule has 0 bridgehead atoms. The summed E-state index contributed by atoms with van der Waals surface area (Å²) in [7, 11) is 0. The van der Waals surface area contributed by atoms with Crippen molar-refractivity contribution in [1.82, 2.24) is 15.3 Å². The summed E-state index contributed by atoms with van der Waals surface area (Å²) in [4.78, 5) is 20.1. The molecular formula is C17H19ClN4OS. The number of benzene rings is 1. The number of aromatic amines is 1. The van der Waals surface area contributed by atoms with E-state index in [1.54, 1.807) is 6.07 Å². The first-order valence-corrected chi connectivity index (χ1v) is 9.32. The van der Waals surface area contributed by atoms with Gasteiger partial charge in [0, 0.05) is 5.02 Å². The predicted molar refractivity (Wildman–Crippen MR) is 96.0 cm³/mol. The molecule has 0 aliphatic heterocycles. The van der Waals surface area contributed by atoms with Gasteiger partial charge in [-0.3, -0.25) is 4.79 Å². The van der Waals surface area contributed by atoms with Crippen molar-refractivity contribution in [2.75, 3.05) is 0 Å². The number of halogens is 1. The van der Waals surface area contributed by atoms with Gasteiger partial charge in [0.25, 0.3) is 0 Å². The number of hydrogen-bond donors (Lipinski definition) is 2. The Balaban J connectivity index is 1.67. The normalized spacial score (nSPS) is 18.0. The number of aromatic nitrogens is 2. The van der Waals surface area contributed by atoms with Gasteiger partial charge in [-0.15, -0.1) is 0 Å². The van der Waals surface area contributed by atoms with E-state index in [1.807, 2.05) is 19.1 Å². The maximum absolute atomic E-state index is 12.5. The first-order valence-electron chi connectivity index (χ1n) is 8.06. The zero-order valence-corrected chi connectivity index (χ0v) is 15.0. The number of nitrogens with one attached hydrogen (secondary N) is 2. The molecule has 1 fully saturated rings. The molecule has 126 valence electrons.